The second-order valence-corrected chi connectivity index (χ2v) is 7.41. The van der Waals surface area contributed by atoms with Gasteiger partial charge in [0.25, 0.3) is 0 Å². The molecule has 154 valence electrons. The standard InChI is InChI=1S/C20H34ClN5.HI/c1-4-22-20(24-15-18-8-6-7-9-19(18)21)23-14-17(3)16-26-12-10-25(5-2)11-13-26;/h6-9,17H,4-5,10-16H2,1-3H3,(H2,22,23,24);1H. The van der Waals surface area contributed by atoms with Crippen LogP contribution in [0.4, 0.5) is 0 Å². The monoisotopic (exact) mass is 507 g/mol. The summed E-state index contributed by atoms with van der Waals surface area (Å²) in [6.07, 6.45) is 0. The number of nitrogens with zero attached hydrogens (tertiary/aromatic N) is 3. The normalized spacial score (nSPS) is 17.3. The summed E-state index contributed by atoms with van der Waals surface area (Å²) in [6.45, 7) is 16.0. The second-order valence-electron chi connectivity index (χ2n) is 7.01. The second kappa shape index (κ2) is 13.6. The van der Waals surface area contributed by atoms with Gasteiger partial charge in [0.2, 0.25) is 0 Å². The van der Waals surface area contributed by atoms with Crippen LogP contribution in [0.2, 0.25) is 5.02 Å². The molecule has 2 N–H and O–H groups in total. The van der Waals surface area contributed by atoms with Gasteiger partial charge in [-0.05, 0) is 31.0 Å². The first-order chi connectivity index (χ1) is 12.6. The highest BCUT2D eigenvalue weighted by molar-refractivity contribution is 14.0. The average Bonchev–Trinajstić information content (AvgIpc) is 2.66. The third-order valence-corrected chi connectivity index (χ3v) is 5.18. The van der Waals surface area contributed by atoms with Crippen LogP contribution in [0.1, 0.15) is 26.3 Å². The fourth-order valence-corrected chi connectivity index (χ4v) is 3.39. The van der Waals surface area contributed by atoms with Crippen molar-refractivity contribution < 1.29 is 0 Å². The van der Waals surface area contributed by atoms with E-state index in [4.69, 9.17) is 11.6 Å². The van der Waals surface area contributed by atoms with Crippen molar-refractivity contribution in [1.82, 2.24) is 20.4 Å². The molecule has 0 aromatic heterocycles. The van der Waals surface area contributed by atoms with Crippen LogP contribution in [0.15, 0.2) is 29.3 Å². The van der Waals surface area contributed by atoms with Crippen molar-refractivity contribution in [3.63, 3.8) is 0 Å². The fourth-order valence-electron chi connectivity index (χ4n) is 3.20. The zero-order valence-corrected chi connectivity index (χ0v) is 20.0. The van der Waals surface area contributed by atoms with Gasteiger partial charge in [-0.1, -0.05) is 43.6 Å². The molecule has 1 saturated heterocycles. The predicted octanol–water partition coefficient (Wildman–Crippen LogP) is 3.29. The van der Waals surface area contributed by atoms with E-state index in [0.29, 0.717) is 12.5 Å². The Hall–Kier alpha value is -0.570. The van der Waals surface area contributed by atoms with Gasteiger partial charge < -0.3 is 20.4 Å². The predicted molar refractivity (Wildman–Crippen MR) is 127 cm³/mol. The van der Waals surface area contributed by atoms with Gasteiger partial charge >= 0.3 is 0 Å². The van der Waals surface area contributed by atoms with Gasteiger partial charge in [0.15, 0.2) is 5.96 Å². The molecule has 2 rings (SSSR count). The Morgan fingerprint density at radius 3 is 2.41 bits per heavy atom. The van der Waals surface area contributed by atoms with E-state index in [1.165, 1.54) is 32.7 Å². The van der Waals surface area contributed by atoms with Crippen LogP contribution in [0.3, 0.4) is 0 Å². The van der Waals surface area contributed by atoms with Crippen molar-refractivity contribution in [3.05, 3.63) is 34.9 Å². The van der Waals surface area contributed by atoms with Gasteiger partial charge in [-0.25, -0.2) is 4.99 Å². The van der Waals surface area contributed by atoms with Crippen LogP contribution in [-0.2, 0) is 6.54 Å². The summed E-state index contributed by atoms with van der Waals surface area (Å²) in [5.41, 5.74) is 1.05. The van der Waals surface area contributed by atoms with E-state index in [9.17, 15) is 0 Å². The maximum atomic E-state index is 6.22. The van der Waals surface area contributed by atoms with E-state index in [1.807, 2.05) is 24.3 Å². The Balaban J connectivity index is 0.00000364. The maximum Gasteiger partial charge on any atom is 0.191 e. The maximum absolute atomic E-state index is 6.22. The van der Waals surface area contributed by atoms with Crippen molar-refractivity contribution in [3.8, 4) is 0 Å². The molecular formula is C20H35ClIN5. The lowest BCUT2D eigenvalue weighted by molar-refractivity contribution is 0.124. The van der Waals surface area contributed by atoms with Gasteiger partial charge in [-0.3, -0.25) is 0 Å². The Bertz CT molecular complexity index is 561. The molecule has 0 spiro atoms. The number of guanidine groups is 1. The number of aliphatic imine (C=N–C) groups is 1. The first kappa shape index (κ1) is 24.5. The summed E-state index contributed by atoms with van der Waals surface area (Å²) in [5, 5.41) is 7.57. The number of rotatable bonds is 8. The summed E-state index contributed by atoms with van der Waals surface area (Å²) < 4.78 is 0. The molecule has 7 heteroatoms. The van der Waals surface area contributed by atoms with Crippen LogP contribution >= 0.6 is 35.6 Å². The molecular weight excluding hydrogens is 473 g/mol. The first-order valence-electron chi connectivity index (χ1n) is 9.82. The Morgan fingerprint density at radius 1 is 1.11 bits per heavy atom. The highest BCUT2D eigenvalue weighted by Crippen LogP contribution is 2.15. The minimum atomic E-state index is 0. The Labute approximate surface area is 186 Å². The van der Waals surface area contributed by atoms with Crippen molar-refractivity contribution in [2.45, 2.75) is 27.3 Å². The van der Waals surface area contributed by atoms with Gasteiger partial charge in [-0.15, -0.1) is 24.0 Å². The third kappa shape index (κ3) is 8.98. The van der Waals surface area contributed by atoms with Gasteiger partial charge in [0.05, 0.1) is 6.54 Å². The van der Waals surface area contributed by atoms with Crippen molar-refractivity contribution in [2.24, 2.45) is 10.9 Å². The fraction of sp³-hybridized carbons (Fsp3) is 0.650. The number of nitrogens with one attached hydrogen (secondary N) is 2. The molecule has 1 aliphatic rings. The van der Waals surface area contributed by atoms with Crippen LogP contribution < -0.4 is 10.6 Å². The summed E-state index contributed by atoms with van der Waals surface area (Å²) >= 11 is 6.22. The molecule has 5 nitrogen and oxygen atoms in total. The quantitative estimate of drug-likeness (QED) is 0.322. The summed E-state index contributed by atoms with van der Waals surface area (Å²) in [6, 6.07) is 7.87. The smallest absolute Gasteiger partial charge is 0.191 e. The zero-order valence-electron chi connectivity index (χ0n) is 16.9. The van der Waals surface area contributed by atoms with Gasteiger partial charge in [0, 0.05) is 50.8 Å². The van der Waals surface area contributed by atoms with Crippen molar-refractivity contribution in [2.75, 3.05) is 52.4 Å². The molecule has 0 bridgehead atoms. The van der Waals surface area contributed by atoms with Crippen LogP contribution in [0.25, 0.3) is 0 Å². The van der Waals surface area contributed by atoms with E-state index in [2.05, 4.69) is 46.2 Å². The number of benzene rings is 1. The molecule has 1 heterocycles. The lowest BCUT2D eigenvalue weighted by Crippen LogP contribution is -2.48. The van der Waals surface area contributed by atoms with Gasteiger partial charge in [0.1, 0.15) is 0 Å². The first-order valence-corrected chi connectivity index (χ1v) is 10.2. The number of hydrogen-bond acceptors (Lipinski definition) is 3. The number of halogens is 2. The number of hydrogen-bond donors (Lipinski definition) is 2. The molecule has 0 saturated carbocycles. The molecule has 27 heavy (non-hydrogen) atoms. The molecule has 1 fully saturated rings. The summed E-state index contributed by atoms with van der Waals surface area (Å²) in [5.74, 6) is 1.43. The van der Waals surface area contributed by atoms with E-state index in [1.54, 1.807) is 0 Å². The van der Waals surface area contributed by atoms with E-state index in [0.717, 1.165) is 36.2 Å². The Kier molecular flexibility index (Phi) is 12.3. The number of likely N-dealkylation sites (N-methyl/N-ethyl adjacent to an activating group) is 1. The van der Waals surface area contributed by atoms with E-state index < -0.39 is 0 Å². The van der Waals surface area contributed by atoms with Crippen molar-refractivity contribution in [1.29, 1.82) is 0 Å². The van der Waals surface area contributed by atoms with E-state index >= 15 is 0 Å². The molecule has 1 aromatic rings. The van der Waals surface area contributed by atoms with E-state index in [-0.39, 0.29) is 24.0 Å². The molecule has 1 aromatic carbocycles. The average molecular weight is 508 g/mol. The lowest BCUT2D eigenvalue weighted by Gasteiger charge is -2.35. The zero-order chi connectivity index (χ0) is 18.8. The minimum absolute atomic E-state index is 0. The molecule has 0 radical (unpaired) electrons. The van der Waals surface area contributed by atoms with Crippen LogP contribution in [-0.4, -0.2) is 68.1 Å². The topological polar surface area (TPSA) is 42.9 Å². The Morgan fingerprint density at radius 2 is 1.78 bits per heavy atom. The highest BCUT2D eigenvalue weighted by Gasteiger charge is 2.17. The summed E-state index contributed by atoms with van der Waals surface area (Å²) in [7, 11) is 0. The van der Waals surface area contributed by atoms with Crippen LogP contribution in [0, 0.1) is 5.92 Å². The van der Waals surface area contributed by atoms with Crippen LogP contribution in [0.5, 0.6) is 0 Å². The highest BCUT2D eigenvalue weighted by atomic mass is 127. The third-order valence-electron chi connectivity index (χ3n) is 4.81. The van der Waals surface area contributed by atoms with Crippen molar-refractivity contribution >= 4 is 41.5 Å². The molecule has 1 atom stereocenters. The minimum Gasteiger partial charge on any atom is -0.357 e. The molecule has 0 amide bonds. The SMILES string of the molecule is CCNC(=NCc1ccccc1Cl)NCC(C)CN1CCN(CC)CC1.I. The van der Waals surface area contributed by atoms with Gasteiger partial charge in [-0.2, -0.15) is 0 Å². The molecule has 1 unspecified atom stereocenters. The lowest BCUT2D eigenvalue weighted by atomic mass is 10.1. The summed E-state index contributed by atoms with van der Waals surface area (Å²) in [4.78, 5) is 9.77. The molecule has 1 aliphatic heterocycles. The molecule has 0 aliphatic carbocycles. The number of piperazine rings is 1. The largest absolute Gasteiger partial charge is 0.357 e.